The summed E-state index contributed by atoms with van der Waals surface area (Å²) in [5.41, 5.74) is 1.85. The van der Waals surface area contributed by atoms with E-state index in [1.807, 2.05) is 0 Å². The summed E-state index contributed by atoms with van der Waals surface area (Å²) in [5, 5.41) is 21.7. The van der Waals surface area contributed by atoms with Crippen molar-refractivity contribution in [2.75, 3.05) is 0 Å². The van der Waals surface area contributed by atoms with Gasteiger partial charge >= 0.3 is 5.97 Å². The fourth-order valence-electron chi connectivity index (χ4n) is 2.93. The Balaban J connectivity index is 2.06. The van der Waals surface area contributed by atoms with Gasteiger partial charge in [-0.3, -0.25) is 0 Å². The molecule has 0 spiro atoms. The zero-order chi connectivity index (χ0) is 18.1. The van der Waals surface area contributed by atoms with Crippen molar-refractivity contribution < 1.29 is 14.3 Å². The van der Waals surface area contributed by atoms with Crippen molar-refractivity contribution in [1.82, 2.24) is 25.2 Å². The van der Waals surface area contributed by atoms with E-state index in [2.05, 4.69) is 20.4 Å². The van der Waals surface area contributed by atoms with E-state index in [9.17, 15) is 14.3 Å². The van der Waals surface area contributed by atoms with Crippen LogP contribution in [0.1, 0.15) is 15.9 Å². The molecule has 0 saturated carbocycles. The van der Waals surface area contributed by atoms with Crippen molar-refractivity contribution in [2.24, 2.45) is 0 Å². The zero-order valence-corrected chi connectivity index (χ0v) is 13.4. The number of rotatable bonds is 4. The maximum absolute atomic E-state index is 13.8. The number of halogens is 1. The SMILES string of the molecule is O=C(O)c1c(Cn2ncnn2)c(-c2cccc(F)c2)nc2ccccc12. The van der Waals surface area contributed by atoms with Gasteiger partial charge in [0.05, 0.1) is 23.3 Å². The zero-order valence-electron chi connectivity index (χ0n) is 13.4. The average Bonchev–Trinajstić information content (AvgIpc) is 3.14. The molecule has 7 nitrogen and oxygen atoms in total. The molecule has 0 unspecified atom stereocenters. The summed E-state index contributed by atoms with van der Waals surface area (Å²) < 4.78 is 13.8. The summed E-state index contributed by atoms with van der Waals surface area (Å²) in [6.45, 7) is 0.0469. The number of nitrogens with zero attached hydrogens (tertiary/aromatic N) is 5. The van der Waals surface area contributed by atoms with Gasteiger partial charge in [0.1, 0.15) is 5.82 Å². The van der Waals surface area contributed by atoms with Gasteiger partial charge in [-0.15, -0.1) is 10.2 Å². The highest BCUT2D eigenvalue weighted by Crippen LogP contribution is 2.31. The fraction of sp³-hybridized carbons (Fsp3) is 0.0556. The Morgan fingerprint density at radius 1 is 1.15 bits per heavy atom. The van der Waals surface area contributed by atoms with Crippen LogP contribution in [0.4, 0.5) is 4.39 Å². The fourth-order valence-corrected chi connectivity index (χ4v) is 2.93. The summed E-state index contributed by atoms with van der Waals surface area (Å²) >= 11 is 0. The summed E-state index contributed by atoms with van der Waals surface area (Å²) in [6, 6.07) is 12.8. The summed E-state index contributed by atoms with van der Waals surface area (Å²) in [6.07, 6.45) is 1.26. The van der Waals surface area contributed by atoms with Gasteiger partial charge in [0.2, 0.25) is 0 Å². The van der Waals surface area contributed by atoms with Gasteiger partial charge in [-0.05, 0) is 23.4 Å². The van der Waals surface area contributed by atoms with E-state index in [1.165, 1.54) is 23.3 Å². The lowest BCUT2D eigenvalue weighted by Crippen LogP contribution is -2.13. The number of carboxylic acid groups (broad SMARTS) is 1. The van der Waals surface area contributed by atoms with Gasteiger partial charge < -0.3 is 5.11 Å². The van der Waals surface area contributed by atoms with Crippen molar-refractivity contribution in [3.63, 3.8) is 0 Å². The normalized spacial score (nSPS) is 11.0. The first-order valence-electron chi connectivity index (χ1n) is 7.75. The second-order valence-corrected chi connectivity index (χ2v) is 5.61. The predicted octanol–water partition coefficient (Wildman–Crippen LogP) is 2.77. The first-order chi connectivity index (χ1) is 12.6. The van der Waals surface area contributed by atoms with Crippen molar-refractivity contribution >= 4 is 16.9 Å². The monoisotopic (exact) mass is 349 g/mol. The third-order valence-electron chi connectivity index (χ3n) is 4.00. The number of carbonyl (C=O) groups is 1. The van der Waals surface area contributed by atoms with Crippen LogP contribution in [0.2, 0.25) is 0 Å². The van der Waals surface area contributed by atoms with Crippen molar-refractivity contribution in [1.29, 1.82) is 0 Å². The minimum absolute atomic E-state index is 0.0469. The third kappa shape index (κ3) is 2.77. The van der Waals surface area contributed by atoms with E-state index in [0.717, 1.165) is 0 Å². The summed E-state index contributed by atoms with van der Waals surface area (Å²) in [5.74, 6) is -1.53. The topological polar surface area (TPSA) is 93.8 Å². The molecule has 0 aliphatic heterocycles. The average molecular weight is 349 g/mol. The van der Waals surface area contributed by atoms with Gasteiger partial charge in [0.15, 0.2) is 6.33 Å². The number of aromatic carboxylic acids is 1. The molecule has 4 rings (SSSR count). The largest absolute Gasteiger partial charge is 0.478 e. The molecule has 4 aromatic rings. The van der Waals surface area contributed by atoms with E-state index in [4.69, 9.17) is 0 Å². The lowest BCUT2D eigenvalue weighted by atomic mass is 9.96. The Morgan fingerprint density at radius 3 is 2.73 bits per heavy atom. The Hall–Kier alpha value is -3.68. The second kappa shape index (κ2) is 6.32. The number of fused-ring (bicyclic) bond motifs is 1. The van der Waals surface area contributed by atoms with E-state index in [-0.39, 0.29) is 12.1 Å². The van der Waals surface area contributed by atoms with Gasteiger partial charge in [-0.1, -0.05) is 30.3 Å². The molecule has 8 heteroatoms. The molecule has 2 aromatic carbocycles. The molecule has 2 heterocycles. The maximum atomic E-state index is 13.8. The van der Waals surface area contributed by atoms with Crippen LogP contribution in [-0.2, 0) is 6.54 Å². The quantitative estimate of drug-likeness (QED) is 0.609. The van der Waals surface area contributed by atoms with Crippen LogP contribution < -0.4 is 0 Å². The van der Waals surface area contributed by atoms with Crippen LogP contribution >= 0.6 is 0 Å². The molecule has 0 atom stereocenters. The molecule has 0 aliphatic carbocycles. The minimum Gasteiger partial charge on any atom is -0.478 e. The molecule has 0 radical (unpaired) electrons. The van der Waals surface area contributed by atoms with Crippen LogP contribution in [0.25, 0.3) is 22.2 Å². The molecule has 26 heavy (non-hydrogen) atoms. The highest BCUT2D eigenvalue weighted by Gasteiger charge is 2.22. The van der Waals surface area contributed by atoms with Crippen LogP contribution in [0.5, 0.6) is 0 Å². The van der Waals surface area contributed by atoms with Crippen LogP contribution in [0.15, 0.2) is 54.9 Å². The lowest BCUT2D eigenvalue weighted by Gasteiger charge is -2.14. The Labute approximate surface area is 146 Å². The molecular weight excluding hydrogens is 337 g/mol. The van der Waals surface area contributed by atoms with Gasteiger partial charge in [0.25, 0.3) is 0 Å². The van der Waals surface area contributed by atoms with Gasteiger partial charge in [-0.2, -0.15) is 4.80 Å². The second-order valence-electron chi connectivity index (χ2n) is 5.61. The van der Waals surface area contributed by atoms with Crippen LogP contribution in [0, 0.1) is 5.82 Å². The lowest BCUT2D eigenvalue weighted by molar-refractivity contribution is 0.0697. The molecule has 0 fully saturated rings. The van der Waals surface area contributed by atoms with E-state index in [0.29, 0.717) is 27.7 Å². The predicted molar refractivity (Wildman–Crippen MR) is 91.0 cm³/mol. The first-order valence-corrected chi connectivity index (χ1v) is 7.75. The van der Waals surface area contributed by atoms with Crippen molar-refractivity contribution in [3.05, 3.63) is 71.8 Å². The van der Waals surface area contributed by atoms with E-state index < -0.39 is 11.8 Å². The Bertz CT molecular complexity index is 1110. The van der Waals surface area contributed by atoms with Gasteiger partial charge in [0, 0.05) is 16.5 Å². The molecule has 2 aromatic heterocycles. The van der Waals surface area contributed by atoms with Crippen LogP contribution in [-0.4, -0.2) is 36.3 Å². The number of carboxylic acids is 1. The number of tetrazole rings is 1. The van der Waals surface area contributed by atoms with E-state index in [1.54, 1.807) is 36.4 Å². The van der Waals surface area contributed by atoms with Gasteiger partial charge in [-0.25, -0.2) is 14.2 Å². The molecular formula is C18H12FN5O2. The first kappa shape index (κ1) is 15.8. The van der Waals surface area contributed by atoms with Crippen molar-refractivity contribution in [3.8, 4) is 11.3 Å². The molecule has 0 aliphatic rings. The molecule has 0 saturated heterocycles. The smallest absolute Gasteiger partial charge is 0.336 e. The van der Waals surface area contributed by atoms with E-state index >= 15 is 0 Å². The molecule has 1 N–H and O–H groups in total. The highest BCUT2D eigenvalue weighted by molar-refractivity contribution is 6.05. The number of hydrogen-bond acceptors (Lipinski definition) is 5. The standard InChI is InChI=1S/C18H12FN5O2/c19-12-5-3-4-11(8-12)17-14(9-24-21-10-20-23-24)16(18(25)26)13-6-1-2-7-15(13)22-17/h1-8,10H,9H2,(H,25,26). The molecule has 0 amide bonds. The van der Waals surface area contributed by atoms with Crippen molar-refractivity contribution in [2.45, 2.75) is 6.54 Å². The number of hydrogen-bond donors (Lipinski definition) is 1. The molecule has 128 valence electrons. The Morgan fingerprint density at radius 2 is 2.00 bits per heavy atom. The Kier molecular flexibility index (Phi) is 3.85. The number of pyridine rings is 1. The number of aromatic nitrogens is 5. The molecule has 0 bridgehead atoms. The number of para-hydroxylation sites is 1. The minimum atomic E-state index is -1.10. The van der Waals surface area contributed by atoms with Crippen LogP contribution in [0.3, 0.4) is 0 Å². The third-order valence-corrected chi connectivity index (χ3v) is 4.00. The maximum Gasteiger partial charge on any atom is 0.336 e. The summed E-state index contributed by atoms with van der Waals surface area (Å²) in [7, 11) is 0. The highest BCUT2D eigenvalue weighted by atomic mass is 19.1. The number of benzene rings is 2. The summed E-state index contributed by atoms with van der Waals surface area (Å²) in [4.78, 5) is 17.9.